The number of nitrogens with two attached hydrogens (primary N) is 1. The van der Waals surface area contributed by atoms with Crippen molar-refractivity contribution in [1.82, 2.24) is 9.78 Å². The van der Waals surface area contributed by atoms with Gasteiger partial charge in [0.15, 0.2) is 0 Å². The highest BCUT2D eigenvalue weighted by Gasteiger charge is 2.16. The van der Waals surface area contributed by atoms with Gasteiger partial charge in [0.25, 0.3) is 0 Å². The van der Waals surface area contributed by atoms with Crippen molar-refractivity contribution in [3.05, 3.63) is 51.6 Å². The molecule has 0 atom stereocenters. The van der Waals surface area contributed by atoms with Crippen molar-refractivity contribution >= 4 is 11.6 Å². The van der Waals surface area contributed by atoms with E-state index in [1.807, 2.05) is 4.68 Å². The molecule has 0 spiro atoms. The molecular weight excluding hydrogens is 289 g/mol. The highest BCUT2D eigenvalue weighted by Crippen LogP contribution is 2.21. The third-order valence-corrected chi connectivity index (χ3v) is 3.88. The van der Waals surface area contributed by atoms with E-state index in [1.165, 1.54) is 11.6 Å². The Hall–Kier alpha value is -1.39. The van der Waals surface area contributed by atoms with Crippen LogP contribution in [-0.2, 0) is 25.8 Å². The summed E-state index contributed by atoms with van der Waals surface area (Å²) >= 11 is 5.96. The smallest absolute Gasteiger partial charge is 0.128 e. The number of aromatic nitrogens is 2. The first-order valence-corrected chi connectivity index (χ1v) is 7.69. The number of aryl methyl sites for hydroxylation is 1. The van der Waals surface area contributed by atoms with E-state index in [1.54, 1.807) is 12.1 Å². The van der Waals surface area contributed by atoms with E-state index >= 15 is 0 Å². The quantitative estimate of drug-likeness (QED) is 0.889. The van der Waals surface area contributed by atoms with E-state index in [-0.39, 0.29) is 5.82 Å². The monoisotopic (exact) mass is 309 g/mol. The number of hydrogen-bond acceptors (Lipinski definition) is 2. The van der Waals surface area contributed by atoms with Gasteiger partial charge in [-0.1, -0.05) is 25.4 Å². The molecule has 0 aliphatic heterocycles. The molecule has 0 amide bonds. The van der Waals surface area contributed by atoms with Crippen LogP contribution in [0.4, 0.5) is 4.39 Å². The topological polar surface area (TPSA) is 43.8 Å². The summed E-state index contributed by atoms with van der Waals surface area (Å²) in [5.74, 6) is -0.254. The molecule has 114 valence electrons. The molecule has 0 aliphatic rings. The normalized spacial score (nSPS) is 11.1. The Morgan fingerprint density at radius 2 is 2.05 bits per heavy atom. The standard InChI is InChI=1S/C16H21ClFN3/c1-3-15-13(7-8-19)16(4-2)21(20-15)10-11-9-12(17)5-6-14(11)18/h5-6,9H,3-4,7-8,10,19H2,1-2H3. The van der Waals surface area contributed by atoms with Gasteiger partial charge in [-0.15, -0.1) is 0 Å². The summed E-state index contributed by atoms with van der Waals surface area (Å²) < 4.78 is 15.8. The van der Waals surface area contributed by atoms with Gasteiger partial charge in [-0.3, -0.25) is 4.68 Å². The first-order valence-electron chi connectivity index (χ1n) is 7.32. The second kappa shape index (κ2) is 7.05. The van der Waals surface area contributed by atoms with E-state index in [0.717, 1.165) is 30.7 Å². The maximum atomic E-state index is 13.9. The minimum Gasteiger partial charge on any atom is -0.330 e. The number of nitrogens with zero attached hydrogens (tertiary/aromatic N) is 2. The summed E-state index contributed by atoms with van der Waals surface area (Å²) in [6.07, 6.45) is 2.52. The average Bonchev–Trinajstić information content (AvgIpc) is 2.80. The van der Waals surface area contributed by atoms with Gasteiger partial charge in [0.05, 0.1) is 12.2 Å². The highest BCUT2D eigenvalue weighted by molar-refractivity contribution is 6.30. The van der Waals surface area contributed by atoms with Crippen LogP contribution in [0.1, 0.15) is 36.4 Å². The second-order valence-electron chi connectivity index (χ2n) is 5.01. The summed E-state index contributed by atoms with van der Waals surface area (Å²) in [6.45, 7) is 5.15. The van der Waals surface area contributed by atoms with Gasteiger partial charge >= 0.3 is 0 Å². The molecule has 0 aliphatic carbocycles. The van der Waals surface area contributed by atoms with Crippen molar-refractivity contribution in [3.8, 4) is 0 Å². The third kappa shape index (κ3) is 3.44. The Bertz CT molecular complexity index is 622. The van der Waals surface area contributed by atoms with Crippen molar-refractivity contribution in [2.75, 3.05) is 6.54 Å². The molecule has 0 saturated heterocycles. The molecule has 2 aromatic rings. The number of hydrogen-bond donors (Lipinski definition) is 1. The number of rotatable bonds is 6. The van der Waals surface area contributed by atoms with Crippen molar-refractivity contribution in [1.29, 1.82) is 0 Å². The molecule has 1 heterocycles. The van der Waals surface area contributed by atoms with Crippen LogP contribution in [0.2, 0.25) is 5.02 Å². The minimum absolute atomic E-state index is 0.254. The van der Waals surface area contributed by atoms with Crippen molar-refractivity contribution < 1.29 is 4.39 Å². The third-order valence-electron chi connectivity index (χ3n) is 3.64. The zero-order valence-electron chi connectivity index (χ0n) is 12.5. The summed E-state index contributed by atoms with van der Waals surface area (Å²) in [6, 6.07) is 4.61. The maximum absolute atomic E-state index is 13.9. The van der Waals surface area contributed by atoms with Gasteiger partial charge in [-0.05, 0) is 49.6 Å². The first-order chi connectivity index (χ1) is 10.1. The molecule has 3 nitrogen and oxygen atoms in total. The van der Waals surface area contributed by atoms with Gasteiger partial charge in [0.1, 0.15) is 5.82 Å². The lowest BCUT2D eigenvalue weighted by Gasteiger charge is -2.09. The molecule has 2 rings (SSSR count). The fourth-order valence-electron chi connectivity index (χ4n) is 2.66. The SMILES string of the molecule is CCc1nn(Cc2cc(Cl)ccc2F)c(CC)c1CCN. The summed E-state index contributed by atoms with van der Waals surface area (Å²) in [7, 11) is 0. The molecular formula is C16H21ClFN3. The summed E-state index contributed by atoms with van der Waals surface area (Å²) in [5, 5.41) is 5.17. The first kappa shape index (κ1) is 16.0. The van der Waals surface area contributed by atoms with Crippen LogP contribution in [0.15, 0.2) is 18.2 Å². The largest absolute Gasteiger partial charge is 0.330 e. The van der Waals surface area contributed by atoms with Gasteiger partial charge in [-0.25, -0.2) is 4.39 Å². The van der Waals surface area contributed by atoms with Gasteiger partial charge in [0, 0.05) is 16.3 Å². The fourth-order valence-corrected chi connectivity index (χ4v) is 2.85. The van der Waals surface area contributed by atoms with Crippen LogP contribution in [0.25, 0.3) is 0 Å². The molecule has 5 heteroatoms. The molecule has 0 unspecified atom stereocenters. The molecule has 2 N–H and O–H groups in total. The predicted octanol–water partition coefficient (Wildman–Crippen LogP) is 3.35. The Balaban J connectivity index is 2.41. The summed E-state index contributed by atoms with van der Waals surface area (Å²) in [4.78, 5) is 0. The lowest BCUT2D eigenvalue weighted by Crippen LogP contribution is -2.09. The average molecular weight is 310 g/mol. The van der Waals surface area contributed by atoms with Gasteiger partial charge in [0.2, 0.25) is 0 Å². The molecule has 0 saturated carbocycles. The van der Waals surface area contributed by atoms with Gasteiger partial charge in [-0.2, -0.15) is 5.10 Å². The lowest BCUT2D eigenvalue weighted by molar-refractivity contribution is 0.573. The van der Waals surface area contributed by atoms with Crippen molar-refractivity contribution in [2.24, 2.45) is 5.73 Å². The van der Waals surface area contributed by atoms with Crippen LogP contribution in [0.3, 0.4) is 0 Å². The van der Waals surface area contributed by atoms with E-state index in [0.29, 0.717) is 23.7 Å². The van der Waals surface area contributed by atoms with Crippen LogP contribution in [-0.4, -0.2) is 16.3 Å². The number of benzene rings is 1. The maximum Gasteiger partial charge on any atom is 0.128 e. The fraction of sp³-hybridized carbons (Fsp3) is 0.438. The molecule has 1 aromatic heterocycles. The predicted molar refractivity (Wildman–Crippen MR) is 84.3 cm³/mol. The van der Waals surface area contributed by atoms with E-state index < -0.39 is 0 Å². The van der Waals surface area contributed by atoms with Crippen LogP contribution >= 0.6 is 11.6 Å². The second-order valence-corrected chi connectivity index (χ2v) is 5.45. The minimum atomic E-state index is -0.254. The summed E-state index contributed by atoms with van der Waals surface area (Å²) in [5.41, 5.74) is 9.66. The van der Waals surface area contributed by atoms with Crippen LogP contribution in [0, 0.1) is 5.82 Å². The Morgan fingerprint density at radius 3 is 2.67 bits per heavy atom. The Labute approximate surface area is 129 Å². The molecule has 1 aromatic carbocycles. The molecule has 0 bridgehead atoms. The highest BCUT2D eigenvalue weighted by atomic mass is 35.5. The zero-order valence-corrected chi connectivity index (χ0v) is 13.3. The Kier molecular flexibility index (Phi) is 5.37. The molecule has 21 heavy (non-hydrogen) atoms. The van der Waals surface area contributed by atoms with E-state index in [2.05, 4.69) is 18.9 Å². The number of halogens is 2. The van der Waals surface area contributed by atoms with E-state index in [9.17, 15) is 4.39 Å². The zero-order chi connectivity index (χ0) is 15.4. The van der Waals surface area contributed by atoms with Crippen LogP contribution in [0.5, 0.6) is 0 Å². The molecule has 0 radical (unpaired) electrons. The van der Waals surface area contributed by atoms with Crippen molar-refractivity contribution in [2.45, 2.75) is 39.7 Å². The van der Waals surface area contributed by atoms with Gasteiger partial charge < -0.3 is 5.73 Å². The van der Waals surface area contributed by atoms with Crippen molar-refractivity contribution in [3.63, 3.8) is 0 Å². The molecule has 0 fully saturated rings. The van der Waals surface area contributed by atoms with E-state index in [4.69, 9.17) is 17.3 Å². The Morgan fingerprint density at radius 1 is 1.29 bits per heavy atom. The van der Waals surface area contributed by atoms with Crippen LogP contribution < -0.4 is 5.73 Å². The lowest BCUT2D eigenvalue weighted by atomic mass is 10.1.